The van der Waals surface area contributed by atoms with Crippen LogP contribution in [0.1, 0.15) is 29.8 Å². The van der Waals surface area contributed by atoms with Gasteiger partial charge in [0.15, 0.2) is 18.5 Å². The Kier molecular flexibility index (Phi) is 7.56. The first kappa shape index (κ1) is 21.0. The molecule has 7 heteroatoms. The van der Waals surface area contributed by atoms with Gasteiger partial charge in [0, 0.05) is 17.7 Å². The van der Waals surface area contributed by atoms with Crippen LogP contribution in [0.25, 0.3) is 0 Å². The first-order chi connectivity index (χ1) is 13.4. The number of rotatable bonds is 9. The van der Waals surface area contributed by atoms with E-state index in [4.69, 9.17) is 14.2 Å². The molecule has 0 bridgehead atoms. The third kappa shape index (κ3) is 6.12. The van der Waals surface area contributed by atoms with E-state index in [-0.39, 0.29) is 18.9 Å². The van der Waals surface area contributed by atoms with Gasteiger partial charge >= 0.3 is 5.97 Å². The van der Waals surface area contributed by atoms with Crippen LogP contribution in [-0.4, -0.2) is 37.5 Å². The van der Waals surface area contributed by atoms with Gasteiger partial charge in [-0.15, -0.1) is 0 Å². The fourth-order valence-corrected chi connectivity index (χ4v) is 2.39. The molecule has 0 aliphatic carbocycles. The number of Topliss-reactive ketones (excluding diaryl/α,β-unsaturated/α-hetero) is 1. The lowest BCUT2D eigenvalue weighted by Gasteiger charge is -2.15. The summed E-state index contributed by atoms with van der Waals surface area (Å²) in [6.07, 6.45) is -0.967. The predicted molar refractivity (Wildman–Crippen MR) is 102 cm³/mol. The molecule has 7 nitrogen and oxygen atoms in total. The molecule has 0 radical (unpaired) electrons. The molecule has 28 heavy (non-hydrogen) atoms. The van der Waals surface area contributed by atoms with Crippen LogP contribution in [0, 0.1) is 0 Å². The molecule has 2 aromatic rings. The van der Waals surface area contributed by atoms with Gasteiger partial charge < -0.3 is 19.5 Å². The number of ether oxygens (including phenoxy) is 3. The van der Waals surface area contributed by atoms with E-state index in [1.807, 2.05) is 18.2 Å². The highest BCUT2D eigenvalue weighted by Gasteiger charge is 2.18. The summed E-state index contributed by atoms with van der Waals surface area (Å²) in [5.74, 6) is -0.0635. The fourth-order valence-electron chi connectivity index (χ4n) is 2.39. The minimum Gasteiger partial charge on any atom is -0.496 e. The van der Waals surface area contributed by atoms with E-state index in [9.17, 15) is 14.4 Å². The van der Waals surface area contributed by atoms with Gasteiger partial charge in [-0.1, -0.05) is 18.2 Å². The van der Waals surface area contributed by atoms with E-state index < -0.39 is 18.0 Å². The standard InChI is InChI=1S/C21H23NO6/c1-14(23)16-8-10-18(11-9-16)27-13-20(24)28-15(2)21(25)22-12-17-6-4-5-7-19(17)26-3/h4-11,15H,12-13H2,1-3H3,(H,22,25)/t15-/m1/s1. The number of nitrogens with one attached hydrogen (secondary N) is 1. The van der Waals surface area contributed by atoms with Crippen LogP contribution >= 0.6 is 0 Å². The highest BCUT2D eigenvalue weighted by Crippen LogP contribution is 2.17. The Hall–Kier alpha value is -3.35. The Morgan fingerprint density at radius 3 is 2.36 bits per heavy atom. The SMILES string of the molecule is COc1ccccc1CNC(=O)[C@@H](C)OC(=O)COc1ccc(C(C)=O)cc1. The van der Waals surface area contributed by atoms with Crippen molar-refractivity contribution in [2.45, 2.75) is 26.5 Å². The molecule has 148 valence electrons. The molecule has 0 aliphatic rings. The van der Waals surface area contributed by atoms with Crippen LogP contribution in [0.5, 0.6) is 11.5 Å². The third-order valence-corrected chi connectivity index (χ3v) is 3.94. The maximum Gasteiger partial charge on any atom is 0.344 e. The van der Waals surface area contributed by atoms with Gasteiger partial charge in [0.05, 0.1) is 7.11 Å². The van der Waals surface area contributed by atoms with Gasteiger partial charge in [0.2, 0.25) is 0 Å². The summed E-state index contributed by atoms with van der Waals surface area (Å²) in [5.41, 5.74) is 1.37. The predicted octanol–water partition coefficient (Wildman–Crippen LogP) is 2.52. The monoisotopic (exact) mass is 385 g/mol. The number of methoxy groups -OCH3 is 1. The summed E-state index contributed by atoms with van der Waals surface area (Å²) >= 11 is 0. The zero-order chi connectivity index (χ0) is 20.5. The number of carbonyl (C=O) groups excluding carboxylic acids is 3. The second-order valence-corrected chi connectivity index (χ2v) is 6.03. The second kappa shape index (κ2) is 10.1. The first-order valence-corrected chi connectivity index (χ1v) is 8.73. The lowest BCUT2D eigenvalue weighted by Crippen LogP contribution is -2.36. The highest BCUT2D eigenvalue weighted by atomic mass is 16.6. The van der Waals surface area contributed by atoms with Crippen LogP contribution in [0.2, 0.25) is 0 Å². The Morgan fingerprint density at radius 2 is 1.71 bits per heavy atom. The van der Waals surface area contributed by atoms with Gasteiger partial charge in [-0.3, -0.25) is 9.59 Å². The van der Waals surface area contributed by atoms with Crippen LogP contribution in [0.15, 0.2) is 48.5 Å². The summed E-state index contributed by atoms with van der Waals surface area (Å²) in [6, 6.07) is 13.7. The van der Waals surface area contributed by atoms with Gasteiger partial charge in [-0.25, -0.2) is 4.79 Å². The fraction of sp³-hybridized carbons (Fsp3) is 0.286. The molecule has 1 amide bonds. The van der Waals surface area contributed by atoms with Crippen LogP contribution < -0.4 is 14.8 Å². The minimum absolute atomic E-state index is 0.0566. The number of hydrogen-bond acceptors (Lipinski definition) is 6. The molecule has 1 atom stereocenters. The van der Waals surface area contributed by atoms with Crippen molar-refractivity contribution in [1.29, 1.82) is 0 Å². The van der Waals surface area contributed by atoms with Crippen molar-refractivity contribution in [3.05, 3.63) is 59.7 Å². The molecule has 1 N–H and O–H groups in total. The van der Waals surface area contributed by atoms with Gasteiger partial charge in [-0.2, -0.15) is 0 Å². The van der Waals surface area contributed by atoms with Crippen LogP contribution in [0.4, 0.5) is 0 Å². The quantitative estimate of drug-likeness (QED) is 0.527. The molecule has 2 aromatic carbocycles. The van der Waals surface area contributed by atoms with Crippen molar-refractivity contribution in [2.24, 2.45) is 0 Å². The molecular weight excluding hydrogens is 362 g/mol. The zero-order valence-corrected chi connectivity index (χ0v) is 16.1. The molecule has 0 spiro atoms. The number of ketones is 1. The van der Waals surface area contributed by atoms with Gasteiger partial charge in [-0.05, 0) is 44.2 Å². The van der Waals surface area contributed by atoms with Gasteiger partial charge in [0.25, 0.3) is 5.91 Å². The molecule has 0 aromatic heterocycles. The van der Waals surface area contributed by atoms with Gasteiger partial charge in [0.1, 0.15) is 11.5 Å². The summed E-state index contributed by atoms with van der Waals surface area (Å²) in [4.78, 5) is 35.2. The number of esters is 1. The second-order valence-electron chi connectivity index (χ2n) is 6.03. The van der Waals surface area contributed by atoms with Crippen LogP contribution in [0.3, 0.4) is 0 Å². The van der Waals surface area contributed by atoms with Crippen molar-refractivity contribution < 1.29 is 28.6 Å². The van der Waals surface area contributed by atoms with Crippen LogP contribution in [-0.2, 0) is 20.9 Å². The zero-order valence-electron chi connectivity index (χ0n) is 16.1. The first-order valence-electron chi connectivity index (χ1n) is 8.73. The molecule has 0 saturated heterocycles. The molecular formula is C21H23NO6. The Labute approximate surface area is 163 Å². The summed E-state index contributed by atoms with van der Waals surface area (Å²) < 4.78 is 15.6. The van der Waals surface area contributed by atoms with Crippen molar-refractivity contribution in [3.63, 3.8) is 0 Å². The maximum atomic E-state index is 12.1. The third-order valence-electron chi connectivity index (χ3n) is 3.94. The minimum atomic E-state index is -0.967. The lowest BCUT2D eigenvalue weighted by molar-refractivity contribution is -0.156. The van der Waals surface area contributed by atoms with E-state index in [0.717, 1.165) is 5.56 Å². The van der Waals surface area contributed by atoms with E-state index in [0.29, 0.717) is 17.1 Å². The molecule has 0 fully saturated rings. The Balaban J connectivity index is 1.77. The summed E-state index contributed by atoms with van der Waals surface area (Å²) in [5, 5.41) is 2.70. The molecule has 0 saturated carbocycles. The normalized spacial score (nSPS) is 11.2. The summed E-state index contributed by atoms with van der Waals surface area (Å²) in [6.45, 7) is 2.86. The number of hydrogen-bond donors (Lipinski definition) is 1. The summed E-state index contributed by atoms with van der Waals surface area (Å²) in [7, 11) is 1.55. The number of carbonyl (C=O) groups is 3. The average molecular weight is 385 g/mol. The smallest absolute Gasteiger partial charge is 0.344 e. The average Bonchev–Trinajstić information content (AvgIpc) is 2.70. The topological polar surface area (TPSA) is 90.9 Å². The molecule has 0 heterocycles. The Morgan fingerprint density at radius 1 is 1.04 bits per heavy atom. The molecule has 0 unspecified atom stereocenters. The number of para-hydroxylation sites is 1. The van der Waals surface area contributed by atoms with Crippen molar-refractivity contribution >= 4 is 17.7 Å². The van der Waals surface area contributed by atoms with E-state index in [1.165, 1.54) is 13.8 Å². The van der Waals surface area contributed by atoms with E-state index in [1.54, 1.807) is 37.4 Å². The van der Waals surface area contributed by atoms with Crippen molar-refractivity contribution in [2.75, 3.05) is 13.7 Å². The van der Waals surface area contributed by atoms with Crippen molar-refractivity contribution in [1.82, 2.24) is 5.32 Å². The molecule has 0 aliphatic heterocycles. The lowest BCUT2D eigenvalue weighted by atomic mass is 10.1. The van der Waals surface area contributed by atoms with Crippen molar-refractivity contribution in [3.8, 4) is 11.5 Å². The number of benzene rings is 2. The Bertz CT molecular complexity index is 831. The largest absolute Gasteiger partial charge is 0.496 e. The van der Waals surface area contributed by atoms with E-state index in [2.05, 4.69) is 5.32 Å². The maximum absolute atomic E-state index is 12.1. The highest BCUT2D eigenvalue weighted by molar-refractivity contribution is 5.94. The molecule has 2 rings (SSSR count). The number of amides is 1. The van der Waals surface area contributed by atoms with E-state index >= 15 is 0 Å².